The average molecular weight is 251 g/mol. The van der Waals surface area contributed by atoms with Crippen LogP contribution >= 0.6 is 11.8 Å². The first-order valence-corrected chi connectivity index (χ1v) is 6.43. The summed E-state index contributed by atoms with van der Waals surface area (Å²) in [7, 11) is 0. The third-order valence-corrected chi connectivity index (χ3v) is 3.72. The molecule has 1 heterocycles. The summed E-state index contributed by atoms with van der Waals surface area (Å²) in [6, 6.07) is 8.92. The number of thioether (sulfide) groups is 1. The van der Waals surface area contributed by atoms with E-state index in [1.165, 1.54) is 16.7 Å². The monoisotopic (exact) mass is 251 g/mol. The summed E-state index contributed by atoms with van der Waals surface area (Å²) >= 11 is 1.33. The number of aliphatic hydroxyl groups excluding tert-OH is 1. The van der Waals surface area contributed by atoms with Gasteiger partial charge in [0.15, 0.2) is 0 Å². The van der Waals surface area contributed by atoms with Crippen molar-refractivity contribution in [3.8, 4) is 0 Å². The number of carbonyl (C=O) groups is 2. The third kappa shape index (κ3) is 2.50. The van der Waals surface area contributed by atoms with E-state index in [1.54, 1.807) is 24.3 Å². The molecule has 1 aromatic rings. The summed E-state index contributed by atoms with van der Waals surface area (Å²) in [6.45, 7) is 0.0218. The lowest BCUT2D eigenvalue weighted by Crippen LogP contribution is -2.31. The molecule has 1 aliphatic heterocycles. The van der Waals surface area contributed by atoms with E-state index in [9.17, 15) is 9.59 Å². The van der Waals surface area contributed by atoms with Crippen LogP contribution in [0.25, 0.3) is 0 Å². The molecular weight excluding hydrogens is 238 g/mol. The standard InChI is InChI=1S/C12H13NO3S/c14-6-7-17-10-8-11(15)13(12(10)16)9-4-2-1-3-5-9/h1-5,10,14H,6-8H2/t10-/m0/s1. The van der Waals surface area contributed by atoms with Gasteiger partial charge in [0.25, 0.3) is 0 Å². The van der Waals surface area contributed by atoms with Gasteiger partial charge in [-0.3, -0.25) is 9.59 Å². The van der Waals surface area contributed by atoms with E-state index in [2.05, 4.69) is 0 Å². The van der Waals surface area contributed by atoms with Crippen LogP contribution in [0.5, 0.6) is 0 Å². The molecule has 1 aromatic carbocycles. The van der Waals surface area contributed by atoms with Gasteiger partial charge < -0.3 is 5.11 Å². The molecule has 1 fully saturated rings. The Kier molecular flexibility index (Phi) is 3.81. The second-order valence-electron chi connectivity index (χ2n) is 3.69. The molecule has 1 N–H and O–H groups in total. The summed E-state index contributed by atoms with van der Waals surface area (Å²) in [4.78, 5) is 25.0. The number of imide groups is 1. The van der Waals surface area contributed by atoms with Crippen molar-refractivity contribution in [2.75, 3.05) is 17.3 Å². The topological polar surface area (TPSA) is 57.6 Å². The van der Waals surface area contributed by atoms with E-state index in [0.29, 0.717) is 11.4 Å². The quantitative estimate of drug-likeness (QED) is 0.812. The molecule has 0 aliphatic carbocycles. The van der Waals surface area contributed by atoms with Gasteiger partial charge in [-0.1, -0.05) is 18.2 Å². The normalized spacial score (nSPS) is 20.1. The molecule has 1 aliphatic rings. The minimum atomic E-state index is -0.352. The van der Waals surface area contributed by atoms with Crippen LogP contribution in [0.3, 0.4) is 0 Å². The zero-order valence-corrected chi connectivity index (χ0v) is 10.0. The minimum Gasteiger partial charge on any atom is -0.396 e. The van der Waals surface area contributed by atoms with Crippen molar-refractivity contribution in [2.45, 2.75) is 11.7 Å². The van der Waals surface area contributed by atoms with Crippen LogP contribution in [0, 0.1) is 0 Å². The lowest BCUT2D eigenvalue weighted by Gasteiger charge is -2.14. The average Bonchev–Trinajstić information content (AvgIpc) is 2.63. The largest absolute Gasteiger partial charge is 0.396 e. The third-order valence-electron chi connectivity index (χ3n) is 2.53. The van der Waals surface area contributed by atoms with Gasteiger partial charge in [-0.05, 0) is 12.1 Å². The molecule has 0 spiro atoms. The fourth-order valence-corrected chi connectivity index (χ4v) is 2.68. The highest BCUT2D eigenvalue weighted by molar-refractivity contribution is 8.00. The maximum atomic E-state index is 12.0. The molecular formula is C12H13NO3S. The summed E-state index contributed by atoms with van der Waals surface area (Å²) in [6.07, 6.45) is 0.221. The van der Waals surface area contributed by atoms with Crippen molar-refractivity contribution in [3.63, 3.8) is 0 Å². The Morgan fingerprint density at radius 2 is 2.00 bits per heavy atom. The maximum absolute atomic E-state index is 12.0. The summed E-state index contributed by atoms with van der Waals surface area (Å²) in [5.74, 6) is 0.128. The maximum Gasteiger partial charge on any atom is 0.247 e. The Balaban J connectivity index is 2.15. The SMILES string of the molecule is O=C1C[C@H](SCCO)C(=O)N1c1ccccc1. The highest BCUT2D eigenvalue weighted by Gasteiger charge is 2.39. The van der Waals surface area contributed by atoms with Crippen molar-refractivity contribution >= 4 is 29.3 Å². The highest BCUT2D eigenvalue weighted by atomic mass is 32.2. The second kappa shape index (κ2) is 5.33. The van der Waals surface area contributed by atoms with Crippen LogP contribution in [0.15, 0.2) is 30.3 Å². The molecule has 2 amide bonds. The predicted octanol–water partition coefficient (Wildman–Crippen LogP) is 1.04. The zero-order valence-electron chi connectivity index (χ0n) is 9.20. The first-order valence-electron chi connectivity index (χ1n) is 5.38. The van der Waals surface area contributed by atoms with Crippen molar-refractivity contribution in [1.82, 2.24) is 0 Å². The Hall–Kier alpha value is -1.33. The number of nitrogens with zero attached hydrogens (tertiary/aromatic N) is 1. The number of benzene rings is 1. The summed E-state index contributed by atoms with van der Waals surface area (Å²) in [5, 5.41) is 8.38. The molecule has 4 nitrogen and oxygen atoms in total. The smallest absolute Gasteiger partial charge is 0.247 e. The van der Waals surface area contributed by atoms with E-state index in [0.717, 1.165) is 0 Å². The number of rotatable bonds is 4. The molecule has 0 aromatic heterocycles. The van der Waals surface area contributed by atoms with Crippen molar-refractivity contribution in [2.24, 2.45) is 0 Å². The number of para-hydroxylation sites is 1. The van der Waals surface area contributed by atoms with Crippen LogP contribution < -0.4 is 4.90 Å². The van der Waals surface area contributed by atoms with Crippen LogP contribution in [-0.4, -0.2) is 34.5 Å². The van der Waals surface area contributed by atoms with Gasteiger partial charge in [-0.25, -0.2) is 4.90 Å². The molecule has 0 saturated carbocycles. The van der Waals surface area contributed by atoms with E-state index < -0.39 is 0 Å². The molecule has 17 heavy (non-hydrogen) atoms. The molecule has 5 heteroatoms. The van der Waals surface area contributed by atoms with Gasteiger partial charge >= 0.3 is 0 Å². The van der Waals surface area contributed by atoms with Crippen LogP contribution in [0.2, 0.25) is 0 Å². The number of amides is 2. The van der Waals surface area contributed by atoms with Gasteiger partial charge in [-0.15, -0.1) is 11.8 Å². The lowest BCUT2D eigenvalue weighted by atomic mass is 10.3. The summed E-state index contributed by atoms with van der Waals surface area (Å²) < 4.78 is 0. The van der Waals surface area contributed by atoms with Crippen molar-refractivity contribution < 1.29 is 14.7 Å². The predicted molar refractivity (Wildman–Crippen MR) is 66.9 cm³/mol. The van der Waals surface area contributed by atoms with Gasteiger partial charge in [-0.2, -0.15) is 0 Å². The Morgan fingerprint density at radius 3 is 2.65 bits per heavy atom. The van der Waals surface area contributed by atoms with Crippen molar-refractivity contribution in [3.05, 3.63) is 30.3 Å². The Bertz CT molecular complexity index is 421. The Labute approximate surface area is 104 Å². The number of anilines is 1. The molecule has 2 rings (SSSR count). The van der Waals surface area contributed by atoms with Gasteiger partial charge in [0, 0.05) is 12.2 Å². The van der Waals surface area contributed by atoms with E-state index in [4.69, 9.17) is 5.11 Å². The van der Waals surface area contributed by atoms with Crippen LogP contribution in [0.1, 0.15) is 6.42 Å². The van der Waals surface area contributed by atoms with Gasteiger partial charge in [0.05, 0.1) is 17.5 Å². The van der Waals surface area contributed by atoms with Crippen molar-refractivity contribution in [1.29, 1.82) is 0 Å². The molecule has 1 atom stereocenters. The molecule has 0 radical (unpaired) electrons. The zero-order chi connectivity index (χ0) is 12.3. The van der Waals surface area contributed by atoms with E-state index >= 15 is 0 Å². The number of hydrogen-bond acceptors (Lipinski definition) is 4. The van der Waals surface area contributed by atoms with E-state index in [-0.39, 0.29) is 30.1 Å². The Morgan fingerprint density at radius 1 is 1.29 bits per heavy atom. The fraction of sp³-hybridized carbons (Fsp3) is 0.333. The van der Waals surface area contributed by atoms with Gasteiger partial charge in [0.1, 0.15) is 0 Å². The minimum absolute atomic E-state index is 0.0218. The number of carbonyl (C=O) groups excluding carboxylic acids is 2. The second-order valence-corrected chi connectivity index (χ2v) is 5.00. The number of aliphatic hydroxyl groups is 1. The molecule has 0 unspecified atom stereocenters. The molecule has 90 valence electrons. The molecule has 1 saturated heterocycles. The highest BCUT2D eigenvalue weighted by Crippen LogP contribution is 2.29. The molecule has 0 bridgehead atoms. The van der Waals surface area contributed by atoms with E-state index in [1.807, 2.05) is 6.07 Å². The van der Waals surface area contributed by atoms with Crippen LogP contribution in [-0.2, 0) is 9.59 Å². The van der Waals surface area contributed by atoms with Gasteiger partial charge in [0.2, 0.25) is 11.8 Å². The van der Waals surface area contributed by atoms with Crippen LogP contribution in [0.4, 0.5) is 5.69 Å². The first kappa shape index (κ1) is 12.1. The number of hydrogen-bond donors (Lipinski definition) is 1. The fourth-order valence-electron chi connectivity index (χ4n) is 1.78. The summed E-state index contributed by atoms with van der Waals surface area (Å²) in [5.41, 5.74) is 0.620. The first-order chi connectivity index (χ1) is 8.24. The lowest BCUT2D eigenvalue weighted by molar-refractivity contribution is -0.121.